The van der Waals surface area contributed by atoms with Gasteiger partial charge in [0.25, 0.3) is 0 Å². The first kappa shape index (κ1) is 31.4. The summed E-state index contributed by atoms with van der Waals surface area (Å²) in [5, 5.41) is 38.9. The third kappa shape index (κ3) is 14.3. The second-order valence-electron chi connectivity index (χ2n) is 2.42. The van der Waals surface area contributed by atoms with Crippen molar-refractivity contribution in [2.45, 2.75) is 18.4 Å². The van der Waals surface area contributed by atoms with Gasteiger partial charge in [0, 0.05) is 45.8 Å². The van der Waals surface area contributed by atoms with Crippen LogP contribution < -0.4 is 104 Å². The van der Waals surface area contributed by atoms with E-state index in [1.165, 1.54) is 0 Å². The molecule has 0 spiro atoms. The van der Waals surface area contributed by atoms with E-state index in [0.29, 0.717) is 0 Å². The molecule has 0 bridgehead atoms. The van der Waals surface area contributed by atoms with Crippen molar-refractivity contribution in [2.75, 3.05) is 0 Å². The molecule has 0 atom stereocenters. The van der Waals surface area contributed by atoms with Crippen LogP contribution in [0.4, 0.5) is 0 Å². The van der Waals surface area contributed by atoms with E-state index in [9.17, 15) is 29.7 Å². The molecule has 11 heteroatoms. The van der Waals surface area contributed by atoms with Crippen LogP contribution in [0.25, 0.3) is 0 Å². The molecule has 0 saturated heterocycles. The van der Waals surface area contributed by atoms with Gasteiger partial charge in [-0.05, 0) is 0 Å². The van der Waals surface area contributed by atoms with Gasteiger partial charge in [-0.3, -0.25) is 0 Å². The Morgan fingerprint density at radius 1 is 0.882 bits per heavy atom. The maximum absolute atomic E-state index is 10.1. The van der Waals surface area contributed by atoms with Gasteiger partial charge in [0.1, 0.15) is 5.60 Å². The second-order valence-corrected chi connectivity index (χ2v) is 2.42. The maximum atomic E-state index is 10.1. The number of aliphatic hydroxyl groups is 1. The topological polar surface area (TPSA) is 141 Å². The standard InChI is InChI=1S/C6H8O7.3Na.W/c7-3(8)1-6(13,5(11)12)2-4(9)10;;;;/h13H,1-2H2,(H,7,8)(H,9,10)(H,11,12);;;;/q;3*+1;/p-3. The summed E-state index contributed by atoms with van der Waals surface area (Å²) in [5.74, 6) is -5.98. The van der Waals surface area contributed by atoms with Crippen LogP contribution in [0.3, 0.4) is 0 Å². The number of carboxylic acid groups (broad SMARTS) is 3. The molecule has 0 unspecified atom stereocenters. The Morgan fingerprint density at radius 3 is 1.24 bits per heavy atom. The molecule has 0 aromatic rings. The second kappa shape index (κ2) is 14.5. The van der Waals surface area contributed by atoms with Crippen LogP contribution in [0.5, 0.6) is 0 Å². The summed E-state index contributed by atoms with van der Waals surface area (Å²) in [6, 6.07) is 0. The van der Waals surface area contributed by atoms with E-state index in [-0.39, 0.29) is 110 Å². The molecule has 0 saturated carbocycles. The largest absolute Gasteiger partial charge is 1.00 e. The minimum atomic E-state index is -2.97. The Morgan fingerprint density at radius 2 is 1.12 bits per heavy atom. The van der Waals surface area contributed by atoms with Crippen molar-refractivity contribution in [3.8, 4) is 0 Å². The quantitative estimate of drug-likeness (QED) is 0.417. The Bertz CT molecular complexity index is 244. The minimum Gasteiger partial charge on any atom is -0.550 e. The number of aliphatic carboxylic acids is 3. The van der Waals surface area contributed by atoms with Gasteiger partial charge in [-0.25, -0.2) is 0 Å². The molecule has 0 aliphatic rings. The van der Waals surface area contributed by atoms with Crippen molar-refractivity contribution in [3.05, 3.63) is 0 Å². The van der Waals surface area contributed by atoms with E-state index in [1.807, 2.05) is 0 Å². The number of carbonyl (C=O) groups excluding carboxylic acids is 3. The van der Waals surface area contributed by atoms with Crippen LogP contribution in [0.15, 0.2) is 0 Å². The van der Waals surface area contributed by atoms with E-state index < -0.39 is 36.4 Å². The monoisotopic (exact) mass is 442 g/mol. The first-order chi connectivity index (χ1) is 5.78. The van der Waals surface area contributed by atoms with Gasteiger partial charge in [-0.15, -0.1) is 0 Å². The third-order valence-electron chi connectivity index (χ3n) is 1.25. The van der Waals surface area contributed by atoms with Crippen molar-refractivity contribution in [2.24, 2.45) is 0 Å². The van der Waals surface area contributed by atoms with Crippen molar-refractivity contribution < 1.29 is 145 Å². The third-order valence-corrected chi connectivity index (χ3v) is 1.25. The van der Waals surface area contributed by atoms with Crippen LogP contribution in [0, 0.1) is 0 Å². The van der Waals surface area contributed by atoms with Crippen molar-refractivity contribution in [3.63, 3.8) is 0 Å². The Hall–Kier alpha value is 2.06. The molecule has 0 aromatic carbocycles. The molecule has 0 radical (unpaired) electrons. The zero-order chi connectivity index (χ0) is 10.6. The fraction of sp³-hybridized carbons (Fsp3) is 0.500. The van der Waals surface area contributed by atoms with Gasteiger partial charge in [0.15, 0.2) is 0 Å². The van der Waals surface area contributed by atoms with Gasteiger partial charge in [0.2, 0.25) is 0 Å². The first-order valence-electron chi connectivity index (χ1n) is 3.11. The Labute approximate surface area is 178 Å². The molecular weight excluding hydrogens is 437 g/mol. The van der Waals surface area contributed by atoms with Gasteiger partial charge in [0.05, 0.1) is 5.97 Å². The summed E-state index contributed by atoms with van der Waals surface area (Å²) in [4.78, 5) is 30.0. The summed E-state index contributed by atoms with van der Waals surface area (Å²) in [6.45, 7) is 0. The Balaban J connectivity index is -0.000000120. The predicted octanol–water partition coefficient (Wildman–Crippen LogP) is -14.2. The summed E-state index contributed by atoms with van der Waals surface area (Å²) in [6.07, 6.45) is -2.72. The molecule has 0 fully saturated rings. The summed E-state index contributed by atoms with van der Waals surface area (Å²) >= 11 is 0. The smallest absolute Gasteiger partial charge is 0.550 e. The molecule has 0 amide bonds. The fourth-order valence-electron chi connectivity index (χ4n) is 0.684. The van der Waals surface area contributed by atoms with E-state index in [4.69, 9.17) is 5.11 Å². The average molecular weight is 442 g/mol. The first-order valence-corrected chi connectivity index (χ1v) is 3.11. The van der Waals surface area contributed by atoms with Crippen molar-refractivity contribution >= 4 is 17.9 Å². The summed E-state index contributed by atoms with van der Waals surface area (Å²) < 4.78 is 0. The normalized spacial score (nSPS) is 8.29. The molecule has 80 valence electrons. The van der Waals surface area contributed by atoms with Crippen LogP contribution in [0.2, 0.25) is 0 Å². The van der Waals surface area contributed by atoms with Crippen LogP contribution in [-0.2, 0) is 35.4 Å². The van der Waals surface area contributed by atoms with E-state index in [1.54, 1.807) is 0 Å². The van der Waals surface area contributed by atoms with E-state index in [0.717, 1.165) is 0 Å². The number of carbonyl (C=O) groups is 3. The molecule has 0 aliphatic heterocycles. The molecule has 17 heavy (non-hydrogen) atoms. The van der Waals surface area contributed by atoms with Crippen LogP contribution in [-0.4, -0.2) is 28.6 Å². The predicted molar refractivity (Wildman–Crippen MR) is 29.2 cm³/mol. The molecule has 7 nitrogen and oxygen atoms in total. The molecule has 0 aliphatic carbocycles. The fourth-order valence-corrected chi connectivity index (χ4v) is 0.684. The number of hydrogen-bond acceptors (Lipinski definition) is 7. The van der Waals surface area contributed by atoms with E-state index in [2.05, 4.69) is 0 Å². The zero-order valence-electron chi connectivity index (χ0n) is 9.72. The van der Waals surface area contributed by atoms with Crippen LogP contribution in [0.1, 0.15) is 12.8 Å². The van der Waals surface area contributed by atoms with E-state index >= 15 is 0 Å². The van der Waals surface area contributed by atoms with Gasteiger partial charge >= 0.3 is 88.7 Å². The SMILES string of the molecule is O=C([O-])CC(O)(CC(=O)[O-])C(=O)[O-].[Na+].[Na+].[Na+].[W]. The average Bonchev–Trinajstić information content (AvgIpc) is 1.82. The maximum Gasteiger partial charge on any atom is 1.00 e. The number of rotatable bonds is 5. The van der Waals surface area contributed by atoms with Gasteiger partial charge in [-0.2, -0.15) is 0 Å². The van der Waals surface area contributed by atoms with Crippen molar-refractivity contribution in [1.29, 1.82) is 0 Å². The number of hydrogen-bond donors (Lipinski definition) is 1. The molecule has 1 N–H and O–H groups in total. The minimum absolute atomic E-state index is 0. The van der Waals surface area contributed by atoms with Crippen molar-refractivity contribution in [1.82, 2.24) is 0 Å². The Kier molecular flexibility index (Phi) is 26.8. The molecule has 0 aromatic heterocycles. The molecular formula is C6H5Na3O7W. The van der Waals surface area contributed by atoms with Gasteiger partial charge in [-0.1, -0.05) is 0 Å². The molecule has 0 heterocycles. The number of carboxylic acids is 3. The van der Waals surface area contributed by atoms with Gasteiger partial charge < -0.3 is 34.8 Å². The molecule has 0 rings (SSSR count). The summed E-state index contributed by atoms with van der Waals surface area (Å²) in [5.41, 5.74) is -2.97. The zero-order valence-corrected chi connectivity index (χ0v) is 18.7. The summed E-state index contributed by atoms with van der Waals surface area (Å²) in [7, 11) is 0. The van der Waals surface area contributed by atoms with Crippen LogP contribution >= 0.6 is 0 Å².